The fourth-order valence-corrected chi connectivity index (χ4v) is 2.94. The lowest BCUT2D eigenvalue weighted by atomic mass is 10.1. The van der Waals surface area contributed by atoms with Crippen LogP contribution in [0.3, 0.4) is 0 Å². The SMILES string of the molecule is O=[N+]([O-])c1cc(C(F)(F)F)c(Cl)c([N+](=O)[O-])c1Nc1cnc2cc(Cl)ccc2n1. The third-order valence-corrected chi connectivity index (χ3v) is 4.28. The zero-order valence-corrected chi connectivity index (χ0v) is 15.2. The Morgan fingerprint density at radius 1 is 1.03 bits per heavy atom. The summed E-state index contributed by atoms with van der Waals surface area (Å²) in [7, 11) is 0. The molecule has 1 aromatic heterocycles. The Balaban J connectivity index is 2.22. The van der Waals surface area contributed by atoms with Gasteiger partial charge in [-0.3, -0.25) is 25.2 Å². The first kappa shape index (κ1) is 20.5. The van der Waals surface area contributed by atoms with E-state index in [2.05, 4.69) is 15.3 Å². The molecule has 0 aliphatic heterocycles. The summed E-state index contributed by atoms with van der Waals surface area (Å²) in [5.74, 6) is -0.193. The zero-order chi connectivity index (χ0) is 21.5. The van der Waals surface area contributed by atoms with Gasteiger partial charge in [-0.2, -0.15) is 13.2 Å². The highest BCUT2D eigenvalue weighted by molar-refractivity contribution is 6.34. The number of hydrogen-bond donors (Lipinski definition) is 1. The van der Waals surface area contributed by atoms with Crippen LogP contribution in [0.1, 0.15) is 5.56 Å². The van der Waals surface area contributed by atoms with Crippen molar-refractivity contribution in [3.63, 3.8) is 0 Å². The third-order valence-electron chi connectivity index (χ3n) is 3.66. The van der Waals surface area contributed by atoms with E-state index in [1.165, 1.54) is 18.2 Å². The Labute approximate surface area is 168 Å². The van der Waals surface area contributed by atoms with Crippen LogP contribution in [-0.4, -0.2) is 19.8 Å². The molecule has 2 aromatic carbocycles. The minimum Gasteiger partial charge on any atom is -0.328 e. The number of fused-ring (bicyclic) bond motifs is 1. The number of halogens is 5. The maximum atomic E-state index is 13.1. The van der Waals surface area contributed by atoms with E-state index in [1.807, 2.05) is 0 Å². The number of nitrogens with one attached hydrogen (secondary N) is 1. The first-order valence-electron chi connectivity index (χ1n) is 7.41. The molecule has 3 rings (SSSR count). The van der Waals surface area contributed by atoms with Crippen molar-refractivity contribution in [2.45, 2.75) is 6.18 Å². The highest BCUT2D eigenvalue weighted by atomic mass is 35.5. The quantitative estimate of drug-likeness (QED) is 0.412. The normalized spacial score (nSPS) is 11.5. The second-order valence-corrected chi connectivity index (χ2v) is 6.32. The minimum absolute atomic E-state index is 0.117. The van der Waals surface area contributed by atoms with Crippen LogP contribution in [-0.2, 0) is 6.18 Å². The highest BCUT2D eigenvalue weighted by Gasteiger charge is 2.42. The fraction of sp³-hybridized carbons (Fsp3) is 0.0667. The van der Waals surface area contributed by atoms with Gasteiger partial charge in [0.05, 0.1) is 32.6 Å². The third kappa shape index (κ3) is 3.98. The molecule has 0 bridgehead atoms. The molecule has 0 saturated carbocycles. The van der Waals surface area contributed by atoms with Crippen LogP contribution < -0.4 is 5.32 Å². The van der Waals surface area contributed by atoms with Gasteiger partial charge in [0, 0.05) is 11.1 Å². The van der Waals surface area contributed by atoms with E-state index in [0.717, 1.165) is 6.20 Å². The van der Waals surface area contributed by atoms with E-state index in [1.54, 1.807) is 0 Å². The van der Waals surface area contributed by atoms with Crippen molar-refractivity contribution in [2.24, 2.45) is 0 Å². The second kappa shape index (κ2) is 7.29. The molecule has 0 unspecified atom stereocenters. The van der Waals surface area contributed by atoms with E-state index >= 15 is 0 Å². The van der Waals surface area contributed by atoms with Crippen LogP contribution in [0.5, 0.6) is 0 Å². The van der Waals surface area contributed by atoms with Crippen molar-refractivity contribution in [3.05, 3.63) is 66.3 Å². The molecule has 1 N–H and O–H groups in total. The van der Waals surface area contributed by atoms with Gasteiger partial charge in [-0.15, -0.1) is 0 Å². The first-order valence-corrected chi connectivity index (χ1v) is 8.16. The first-order chi connectivity index (χ1) is 13.5. The Kier molecular flexibility index (Phi) is 5.15. The monoisotopic (exact) mass is 447 g/mol. The number of nitro groups is 2. The van der Waals surface area contributed by atoms with Gasteiger partial charge in [0.25, 0.3) is 0 Å². The van der Waals surface area contributed by atoms with Gasteiger partial charge in [0.15, 0.2) is 5.69 Å². The molecule has 0 fully saturated rings. The van der Waals surface area contributed by atoms with E-state index in [0.29, 0.717) is 10.5 Å². The highest BCUT2D eigenvalue weighted by Crippen LogP contribution is 2.48. The summed E-state index contributed by atoms with van der Waals surface area (Å²) >= 11 is 11.4. The number of rotatable bonds is 4. The molecular weight excluding hydrogens is 442 g/mol. The molecule has 0 saturated heterocycles. The maximum absolute atomic E-state index is 13.1. The van der Waals surface area contributed by atoms with E-state index < -0.39 is 43.7 Å². The van der Waals surface area contributed by atoms with Gasteiger partial charge in [-0.25, -0.2) is 4.98 Å². The largest absolute Gasteiger partial charge is 0.418 e. The molecular formula is C15H6Cl2F3N5O4. The maximum Gasteiger partial charge on any atom is 0.418 e. The Hall–Kier alpha value is -3.25. The Morgan fingerprint density at radius 2 is 1.72 bits per heavy atom. The van der Waals surface area contributed by atoms with Gasteiger partial charge in [0.2, 0.25) is 0 Å². The molecule has 14 heteroatoms. The molecule has 29 heavy (non-hydrogen) atoms. The predicted molar refractivity (Wildman–Crippen MR) is 97.6 cm³/mol. The van der Waals surface area contributed by atoms with Gasteiger partial charge in [-0.1, -0.05) is 23.2 Å². The smallest absolute Gasteiger partial charge is 0.328 e. The molecule has 150 valence electrons. The van der Waals surface area contributed by atoms with E-state index in [4.69, 9.17) is 23.2 Å². The molecule has 1 heterocycles. The summed E-state index contributed by atoms with van der Waals surface area (Å²) in [4.78, 5) is 28.3. The minimum atomic E-state index is -5.15. The topological polar surface area (TPSA) is 124 Å². The average molecular weight is 448 g/mol. The number of aromatic nitrogens is 2. The fourth-order valence-electron chi connectivity index (χ4n) is 2.45. The van der Waals surface area contributed by atoms with Gasteiger partial charge in [0.1, 0.15) is 10.8 Å². The van der Waals surface area contributed by atoms with E-state index in [9.17, 15) is 33.4 Å². The lowest BCUT2D eigenvalue weighted by molar-refractivity contribution is -0.392. The standard InChI is InChI=1S/C15H6Cl2F3N5O4/c16-6-1-2-8-9(3-6)21-5-11(22-8)23-13-10(24(26)27)4-7(15(18,19)20)12(17)14(13)25(28)29/h1-5H,(H,22,23). The van der Waals surface area contributed by atoms with Crippen molar-refractivity contribution >= 4 is 57.1 Å². The number of hydrogen-bond acceptors (Lipinski definition) is 7. The molecule has 3 aromatic rings. The van der Waals surface area contributed by atoms with E-state index in [-0.39, 0.29) is 17.4 Å². The summed E-state index contributed by atoms with van der Waals surface area (Å²) in [6.07, 6.45) is -4.06. The number of anilines is 2. The zero-order valence-electron chi connectivity index (χ0n) is 13.7. The molecule has 0 aliphatic carbocycles. The van der Waals surface area contributed by atoms with Crippen LogP contribution in [0.15, 0.2) is 30.5 Å². The van der Waals surface area contributed by atoms with Gasteiger partial charge < -0.3 is 5.32 Å². The van der Waals surface area contributed by atoms with Gasteiger partial charge in [-0.05, 0) is 18.2 Å². The van der Waals surface area contributed by atoms with Crippen LogP contribution >= 0.6 is 23.2 Å². The predicted octanol–water partition coefficient (Wildman–Crippen LogP) is 5.52. The average Bonchev–Trinajstić information content (AvgIpc) is 2.60. The summed E-state index contributed by atoms with van der Waals surface area (Å²) in [5, 5.41) is 24.0. The van der Waals surface area contributed by atoms with Crippen molar-refractivity contribution in [1.82, 2.24) is 9.97 Å². The van der Waals surface area contributed by atoms with Crippen molar-refractivity contribution in [3.8, 4) is 0 Å². The lowest BCUT2D eigenvalue weighted by Crippen LogP contribution is -2.11. The summed E-state index contributed by atoms with van der Waals surface area (Å²) in [6.45, 7) is 0. The summed E-state index contributed by atoms with van der Waals surface area (Å²) in [6, 6.07) is 4.56. The number of benzene rings is 2. The van der Waals surface area contributed by atoms with Crippen LogP contribution in [0.25, 0.3) is 11.0 Å². The molecule has 0 radical (unpaired) electrons. The number of nitrogens with zero attached hydrogens (tertiary/aromatic N) is 4. The molecule has 0 atom stereocenters. The molecule has 0 aliphatic rings. The Morgan fingerprint density at radius 3 is 2.31 bits per heavy atom. The van der Waals surface area contributed by atoms with Crippen molar-refractivity contribution in [2.75, 3.05) is 5.32 Å². The van der Waals surface area contributed by atoms with Gasteiger partial charge >= 0.3 is 17.6 Å². The van der Waals surface area contributed by atoms with Crippen molar-refractivity contribution in [1.29, 1.82) is 0 Å². The summed E-state index contributed by atoms with van der Waals surface area (Å²) < 4.78 is 39.4. The Bertz CT molecular complexity index is 1170. The molecule has 0 amide bonds. The van der Waals surface area contributed by atoms with Crippen molar-refractivity contribution < 1.29 is 23.0 Å². The van der Waals surface area contributed by atoms with Crippen LogP contribution in [0.2, 0.25) is 10.0 Å². The lowest BCUT2D eigenvalue weighted by Gasteiger charge is -2.13. The number of nitro benzene ring substituents is 2. The molecule has 0 spiro atoms. The number of alkyl halides is 3. The van der Waals surface area contributed by atoms with Crippen LogP contribution in [0, 0.1) is 20.2 Å². The van der Waals surface area contributed by atoms with Crippen LogP contribution in [0.4, 0.5) is 36.1 Å². The summed E-state index contributed by atoms with van der Waals surface area (Å²) in [5.41, 5.74) is -4.44. The molecule has 9 nitrogen and oxygen atoms in total. The second-order valence-electron chi connectivity index (χ2n) is 5.51.